The van der Waals surface area contributed by atoms with Crippen LogP contribution < -0.4 is 5.32 Å². The predicted molar refractivity (Wildman–Crippen MR) is 82.0 cm³/mol. The number of nitriles is 1. The molecule has 0 saturated carbocycles. The molecule has 0 spiro atoms. The van der Waals surface area contributed by atoms with E-state index in [1.165, 1.54) is 0 Å². The Morgan fingerprint density at radius 1 is 1.38 bits per heavy atom. The second-order valence-electron chi connectivity index (χ2n) is 5.95. The highest BCUT2D eigenvalue weighted by molar-refractivity contribution is 5.98. The Balaban J connectivity index is 2.29. The van der Waals surface area contributed by atoms with E-state index < -0.39 is 5.41 Å². The van der Waals surface area contributed by atoms with Crippen LogP contribution in [-0.2, 0) is 9.53 Å². The number of aryl methyl sites for hydroxylation is 1. The van der Waals surface area contributed by atoms with Gasteiger partial charge in [0.15, 0.2) is 0 Å². The number of rotatable bonds is 3. The first-order chi connectivity index (χ1) is 10.00. The van der Waals surface area contributed by atoms with Gasteiger partial charge in [0.1, 0.15) is 5.41 Å². The summed E-state index contributed by atoms with van der Waals surface area (Å²) in [5.74, 6) is 0.109. The Kier molecular flexibility index (Phi) is 4.64. The highest BCUT2D eigenvalue weighted by Crippen LogP contribution is 2.34. The quantitative estimate of drug-likeness (QED) is 0.926. The zero-order valence-corrected chi connectivity index (χ0v) is 12.9. The molecule has 1 aromatic rings. The molecule has 1 aliphatic rings. The molecule has 1 heterocycles. The fraction of sp³-hybridized carbons (Fsp3) is 0.529. The molecule has 0 unspecified atom stereocenters. The smallest absolute Gasteiger partial charge is 0.245 e. The molecule has 1 fully saturated rings. The van der Waals surface area contributed by atoms with Crippen molar-refractivity contribution in [3.8, 4) is 6.07 Å². The molecule has 112 valence electrons. The molecule has 21 heavy (non-hydrogen) atoms. The Labute approximate surface area is 126 Å². The molecular weight excluding hydrogens is 264 g/mol. The van der Waals surface area contributed by atoms with Crippen molar-refractivity contribution < 1.29 is 9.53 Å². The minimum Gasteiger partial charge on any atom is -0.381 e. The van der Waals surface area contributed by atoms with Gasteiger partial charge in [-0.05, 0) is 36.8 Å². The average molecular weight is 286 g/mol. The van der Waals surface area contributed by atoms with E-state index in [2.05, 4.69) is 25.2 Å². The van der Waals surface area contributed by atoms with Crippen LogP contribution in [0, 0.1) is 23.7 Å². The summed E-state index contributed by atoms with van der Waals surface area (Å²) in [5.41, 5.74) is 2.01. The van der Waals surface area contributed by atoms with Crippen LogP contribution in [0.2, 0.25) is 0 Å². The molecule has 0 aliphatic carbocycles. The molecule has 0 bridgehead atoms. The number of ether oxygens (including phenoxy) is 1. The standard InChI is InChI=1S/C17H22N2O2/c1-12(2)14-6-4-5-13(3)15(14)19-16(20)17(11-18)7-9-21-10-8-17/h4-6,12H,7-10H2,1-3H3,(H,19,20). The Morgan fingerprint density at radius 2 is 2.05 bits per heavy atom. The molecule has 0 atom stereocenters. The highest BCUT2D eigenvalue weighted by atomic mass is 16.5. The lowest BCUT2D eigenvalue weighted by atomic mass is 9.80. The first-order valence-electron chi connectivity index (χ1n) is 7.40. The minimum absolute atomic E-state index is 0.204. The maximum Gasteiger partial charge on any atom is 0.245 e. The van der Waals surface area contributed by atoms with Gasteiger partial charge in [-0.1, -0.05) is 32.0 Å². The topological polar surface area (TPSA) is 62.1 Å². The first kappa shape index (κ1) is 15.5. The Bertz CT molecular complexity index is 567. The zero-order chi connectivity index (χ0) is 15.5. The van der Waals surface area contributed by atoms with Gasteiger partial charge in [-0.25, -0.2) is 0 Å². The second kappa shape index (κ2) is 6.28. The number of benzene rings is 1. The molecule has 1 amide bonds. The third-order valence-electron chi connectivity index (χ3n) is 4.16. The third kappa shape index (κ3) is 3.08. The number of hydrogen-bond acceptors (Lipinski definition) is 3. The number of anilines is 1. The molecular formula is C17H22N2O2. The number of hydrogen-bond donors (Lipinski definition) is 1. The molecule has 1 aromatic carbocycles. The lowest BCUT2D eigenvalue weighted by Gasteiger charge is -2.30. The van der Waals surface area contributed by atoms with Gasteiger partial charge in [0.05, 0.1) is 6.07 Å². The van der Waals surface area contributed by atoms with Crippen molar-refractivity contribution >= 4 is 11.6 Å². The van der Waals surface area contributed by atoms with Crippen LogP contribution in [0.15, 0.2) is 18.2 Å². The fourth-order valence-electron chi connectivity index (χ4n) is 2.69. The van der Waals surface area contributed by atoms with Gasteiger partial charge < -0.3 is 10.1 Å². The molecule has 0 aromatic heterocycles. The summed E-state index contributed by atoms with van der Waals surface area (Å²) in [5, 5.41) is 12.5. The number of nitrogens with zero attached hydrogens (tertiary/aromatic N) is 1. The summed E-state index contributed by atoms with van der Waals surface area (Å²) in [7, 11) is 0. The van der Waals surface area contributed by atoms with Gasteiger partial charge in [-0.15, -0.1) is 0 Å². The van der Waals surface area contributed by atoms with E-state index in [0.717, 1.165) is 16.8 Å². The zero-order valence-electron chi connectivity index (χ0n) is 12.9. The predicted octanol–water partition coefficient (Wildman–Crippen LogP) is 3.38. The SMILES string of the molecule is Cc1cccc(C(C)C)c1NC(=O)C1(C#N)CCOCC1. The van der Waals surface area contributed by atoms with Crippen molar-refractivity contribution in [2.45, 2.75) is 39.5 Å². The third-order valence-corrected chi connectivity index (χ3v) is 4.16. The van der Waals surface area contributed by atoms with Gasteiger partial charge in [-0.2, -0.15) is 5.26 Å². The van der Waals surface area contributed by atoms with Crippen molar-refractivity contribution in [2.75, 3.05) is 18.5 Å². The summed E-state index contributed by atoms with van der Waals surface area (Å²) >= 11 is 0. The summed E-state index contributed by atoms with van der Waals surface area (Å²) in [6, 6.07) is 8.21. The molecule has 1 saturated heterocycles. The van der Waals surface area contributed by atoms with Gasteiger partial charge in [0.25, 0.3) is 0 Å². The van der Waals surface area contributed by atoms with Crippen LogP contribution in [0.3, 0.4) is 0 Å². The molecule has 4 heteroatoms. The number of amides is 1. The number of carbonyl (C=O) groups is 1. The summed E-state index contributed by atoms with van der Waals surface area (Å²) in [4.78, 5) is 12.7. The maximum atomic E-state index is 12.7. The Hall–Kier alpha value is -1.86. The van der Waals surface area contributed by atoms with Gasteiger partial charge in [0, 0.05) is 18.9 Å². The molecule has 0 radical (unpaired) electrons. The van der Waals surface area contributed by atoms with Gasteiger partial charge in [-0.3, -0.25) is 4.79 Å². The number of carbonyl (C=O) groups excluding carboxylic acids is 1. The molecule has 4 nitrogen and oxygen atoms in total. The largest absolute Gasteiger partial charge is 0.381 e. The van der Waals surface area contributed by atoms with Crippen molar-refractivity contribution in [1.82, 2.24) is 0 Å². The van der Waals surface area contributed by atoms with Crippen molar-refractivity contribution in [2.24, 2.45) is 5.41 Å². The van der Waals surface area contributed by atoms with Gasteiger partial charge >= 0.3 is 0 Å². The van der Waals surface area contributed by atoms with E-state index in [4.69, 9.17) is 4.74 Å². The number of para-hydroxylation sites is 1. The lowest BCUT2D eigenvalue weighted by Crippen LogP contribution is -2.40. The summed E-state index contributed by atoms with van der Waals surface area (Å²) in [6.07, 6.45) is 0.913. The summed E-state index contributed by atoms with van der Waals surface area (Å²) < 4.78 is 5.28. The van der Waals surface area contributed by atoms with Crippen LogP contribution in [-0.4, -0.2) is 19.1 Å². The van der Waals surface area contributed by atoms with E-state index >= 15 is 0 Å². The van der Waals surface area contributed by atoms with E-state index in [1.807, 2.05) is 25.1 Å². The summed E-state index contributed by atoms with van der Waals surface area (Å²) in [6.45, 7) is 7.10. The van der Waals surface area contributed by atoms with Crippen LogP contribution in [0.5, 0.6) is 0 Å². The van der Waals surface area contributed by atoms with E-state index in [0.29, 0.717) is 32.0 Å². The van der Waals surface area contributed by atoms with E-state index in [1.54, 1.807) is 0 Å². The van der Waals surface area contributed by atoms with E-state index in [9.17, 15) is 10.1 Å². The maximum absolute atomic E-state index is 12.7. The van der Waals surface area contributed by atoms with Crippen LogP contribution in [0.4, 0.5) is 5.69 Å². The molecule has 1 N–H and O–H groups in total. The highest BCUT2D eigenvalue weighted by Gasteiger charge is 2.40. The lowest BCUT2D eigenvalue weighted by molar-refractivity contribution is -0.126. The van der Waals surface area contributed by atoms with Crippen molar-refractivity contribution in [3.05, 3.63) is 29.3 Å². The van der Waals surface area contributed by atoms with E-state index in [-0.39, 0.29) is 5.91 Å². The monoisotopic (exact) mass is 286 g/mol. The van der Waals surface area contributed by atoms with Crippen molar-refractivity contribution in [1.29, 1.82) is 5.26 Å². The van der Waals surface area contributed by atoms with Crippen LogP contribution >= 0.6 is 0 Å². The van der Waals surface area contributed by atoms with Gasteiger partial charge in [0.2, 0.25) is 5.91 Å². The first-order valence-corrected chi connectivity index (χ1v) is 7.40. The van der Waals surface area contributed by atoms with Crippen molar-refractivity contribution in [3.63, 3.8) is 0 Å². The Morgan fingerprint density at radius 3 is 2.62 bits per heavy atom. The van der Waals surface area contributed by atoms with Crippen LogP contribution in [0.1, 0.15) is 43.7 Å². The fourth-order valence-corrected chi connectivity index (χ4v) is 2.69. The average Bonchev–Trinajstić information content (AvgIpc) is 2.49. The normalized spacial score (nSPS) is 17.3. The second-order valence-corrected chi connectivity index (χ2v) is 5.95. The minimum atomic E-state index is -0.964. The number of nitrogens with one attached hydrogen (secondary N) is 1. The van der Waals surface area contributed by atoms with Crippen LogP contribution in [0.25, 0.3) is 0 Å². The molecule has 1 aliphatic heterocycles. The molecule has 2 rings (SSSR count).